The molecule has 2 heteroatoms. The molecule has 0 saturated heterocycles. The van der Waals surface area contributed by atoms with Gasteiger partial charge in [-0.05, 0) is 44.7 Å². The van der Waals surface area contributed by atoms with Crippen LogP contribution in [0.3, 0.4) is 0 Å². The molecule has 1 aliphatic carbocycles. The molecule has 1 aliphatic rings. The van der Waals surface area contributed by atoms with Crippen LogP contribution < -0.4 is 0 Å². The van der Waals surface area contributed by atoms with Crippen molar-refractivity contribution < 1.29 is 0 Å². The Morgan fingerprint density at radius 2 is 2.00 bits per heavy atom. The van der Waals surface area contributed by atoms with E-state index in [1.807, 2.05) is 0 Å². The zero-order valence-electron chi connectivity index (χ0n) is 9.31. The summed E-state index contributed by atoms with van der Waals surface area (Å²) in [5, 5.41) is 9.24. The summed E-state index contributed by atoms with van der Waals surface area (Å²) in [5.74, 6) is 0. The Balaban J connectivity index is 2.73. The standard InChI is InChI=1S/C12H16N2/c1-8-10-5-6-12(3,7-13)11(10)9(2)14(8)4/h5-6H2,1-4H3. The Hall–Kier alpha value is -1.23. The highest BCUT2D eigenvalue weighted by Crippen LogP contribution is 2.42. The van der Waals surface area contributed by atoms with Gasteiger partial charge in [0.05, 0.1) is 11.5 Å². The van der Waals surface area contributed by atoms with E-state index in [4.69, 9.17) is 0 Å². The third-order valence-corrected chi connectivity index (χ3v) is 3.78. The largest absolute Gasteiger partial charge is 0.352 e. The van der Waals surface area contributed by atoms with Crippen molar-refractivity contribution in [2.75, 3.05) is 0 Å². The fourth-order valence-corrected chi connectivity index (χ4v) is 2.67. The van der Waals surface area contributed by atoms with Gasteiger partial charge in [0.15, 0.2) is 0 Å². The van der Waals surface area contributed by atoms with Gasteiger partial charge in [-0.3, -0.25) is 0 Å². The zero-order chi connectivity index (χ0) is 10.5. The molecule has 0 saturated carbocycles. The molecule has 0 fully saturated rings. The molecule has 74 valence electrons. The quantitative estimate of drug-likeness (QED) is 0.614. The minimum Gasteiger partial charge on any atom is -0.352 e. The topological polar surface area (TPSA) is 28.7 Å². The van der Waals surface area contributed by atoms with Crippen molar-refractivity contribution in [3.63, 3.8) is 0 Å². The number of nitrogens with zero attached hydrogens (tertiary/aromatic N) is 2. The van der Waals surface area contributed by atoms with Gasteiger partial charge >= 0.3 is 0 Å². The van der Waals surface area contributed by atoms with Gasteiger partial charge in [0.25, 0.3) is 0 Å². The maximum absolute atomic E-state index is 9.24. The van der Waals surface area contributed by atoms with Crippen LogP contribution >= 0.6 is 0 Å². The summed E-state index contributed by atoms with van der Waals surface area (Å²) >= 11 is 0. The maximum Gasteiger partial charge on any atom is 0.0817 e. The van der Waals surface area contributed by atoms with Crippen LogP contribution in [0.25, 0.3) is 0 Å². The smallest absolute Gasteiger partial charge is 0.0817 e. The third kappa shape index (κ3) is 0.901. The summed E-state index contributed by atoms with van der Waals surface area (Å²) in [4.78, 5) is 0. The van der Waals surface area contributed by atoms with Gasteiger partial charge in [-0.15, -0.1) is 0 Å². The van der Waals surface area contributed by atoms with Crippen molar-refractivity contribution in [1.29, 1.82) is 5.26 Å². The first kappa shape index (κ1) is 9.33. The molecule has 1 heterocycles. The Morgan fingerprint density at radius 3 is 2.57 bits per heavy atom. The number of aromatic nitrogens is 1. The Labute approximate surface area is 85.2 Å². The van der Waals surface area contributed by atoms with Crippen molar-refractivity contribution in [3.8, 4) is 6.07 Å². The van der Waals surface area contributed by atoms with Gasteiger partial charge in [-0.1, -0.05) is 0 Å². The highest BCUT2D eigenvalue weighted by atomic mass is 15.0. The van der Waals surface area contributed by atoms with Crippen LogP contribution in [-0.4, -0.2) is 4.57 Å². The van der Waals surface area contributed by atoms with E-state index in [1.54, 1.807) is 0 Å². The SMILES string of the molecule is Cc1c2c(c(C)n1C)C(C)(C#N)CC2. The molecule has 1 unspecified atom stereocenters. The van der Waals surface area contributed by atoms with Gasteiger partial charge in [-0.25, -0.2) is 0 Å². The molecule has 0 aromatic carbocycles. The van der Waals surface area contributed by atoms with Crippen LogP contribution in [0.5, 0.6) is 0 Å². The van der Waals surface area contributed by atoms with Crippen LogP contribution in [0.2, 0.25) is 0 Å². The van der Waals surface area contributed by atoms with Gasteiger partial charge in [0, 0.05) is 18.4 Å². The van der Waals surface area contributed by atoms with Crippen molar-refractivity contribution in [2.45, 2.75) is 39.0 Å². The van der Waals surface area contributed by atoms with E-state index in [2.05, 4.69) is 38.5 Å². The summed E-state index contributed by atoms with van der Waals surface area (Å²) in [6.45, 7) is 6.33. The van der Waals surface area contributed by atoms with Crippen molar-refractivity contribution in [2.24, 2.45) is 7.05 Å². The van der Waals surface area contributed by atoms with Gasteiger partial charge in [-0.2, -0.15) is 5.26 Å². The molecule has 2 rings (SSSR count). The van der Waals surface area contributed by atoms with Crippen LogP contribution in [0, 0.1) is 25.2 Å². The van der Waals surface area contributed by atoms with Crippen LogP contribution in [0.4, 0.5) is 0 Å². The lowest BCUT2D eigenvalue weighted by molar-refractivity contribution is 0.590. The molecule has 0 bridgehead atoms. The molecule has 2 nitrogen and oxygen atoms in total. The Bertz CT molecular complexity index is 434. The first-order chi connectivity index (χ1) is 6.51. The molecule has 0 amide bonds. The lowest BCUT2D eigenvalue weighted by Crippen LogP contribution is -2.16. The van der Waals surface area contributed by atoms with E-state index >= 15 is 0 Å². The average molecular weight is 188 g/mol. The molecule has 0 aliphatic heterocycles. The molecule has 1 aromatic rings. The van der Waals surface area contributed by atoms with E-state index in [9.17, 15) is 5.26 Å². The van der Waals surface area contributed by atoms with E-state index in [-0.39, 0.29) is 5.41 Å². The summed E-state index contributed by atoms with van der Waals surface area (Å²) in [6.07, 6.45) is 2.05. The predicted molar refractivity (Wildman–Crippen MR) is 56.2 cm³/mol. The zero-order valence-corrected chi connectivity index (χ0v) is 9.31. The summed E-state index contributed by atoms with van der Waals surface area (Å²) in [6, 6.07) is 2.46. The Kier molecular flexibility index (Phi) is 1.75. The summed E-state index contributed by atoms with van der Waals surface area (Å²) < 4.78 is 2.21. The second-order valence-corrected chi connectivity index (χ2v) is 4.53. The van der Waals surface area contributed by atoms with E-state index in [0.29, 0.717) is 0 Å². The van der Waals surface area contributed by atoms with Gasteiger partial charge in [0.1, 0.15) is 0 Å². The monoisotopic (exact) mass is 188 g/mol. The highest BCUT2D eigenvalue weighted by molar-refractivity contribution is 5.50. The number of hydrogen-bond acceptors (Lipinski definition) is 1. The fourth-order valence-electron chi connectivity index (χ4n) is 2.67. The van der Waals surface area contributed by atoms with Crippen molar-refractivity contribution in [1.82, 2.24) is 4.57 Å². The van der Waals surface area contributed by atoms with Gasteiger partial charge < -0.3 is 4.57 Å². The predicted octanol–water partition coefficient (Wildman–Crippen LogP) is 2.37. The van der Waals surface area contributed by atoms with Crippen LogP contribution in [0.1, 0.15) is 35.9 Å². The highest BCUT2D eigenvalue weighted by Gasteiger charge is 2.38. The van der Waals surface area contributed by atoms with E-state index < -0.39 is 0 Å². The second kappa shape index (κ2) is 2.63. The molecular weight excluding hydrogens is 172 g/mol. The first-order valence-corrected chi connectivity index (χ1v) is 5.08. The molecule has 1 aromatic heterocycles. The van der Waals surface area contributed by atoms with E-state index in [0.717, 1.165) is 12.8 Å². The van der Waals surface area contributed by atoms with Crippen molar-refractivity contribution >= 4 is 0 Å². The second-order valence-electron chi connectivity index (χ2n) is 4.53. The molecule has 14 heavy (non-hydrogen) atoms. The summed E-state index contributed by atoms with van der Waals surface area (Å²) in [7, 11) is 2.08. The van der Waals surface area contributed by atoms with Gasteiger partial charge in [0.2, 0.25) is 0 Å². The maximum atomic E-state index is 9.24. The third-order valence-electron chi connectivity index (χ3n) is 3.78. The first-order valence-electron chi connectivity index (χ1n) is 5.08. The lowest BCUT2D eigenvalue weighted by atomic mass is 9.85. The van der Waals surface area contributed by atoms with E-state index in [1.165, 1.54) is 22.5 Å². The molecule has 0 radical (unpaired) electrons. The summed E-state index contributed by atoms with van der Waals surface area (Å²) in [5.41, 5.74) is 5.05. The fraction of sp³-hybridized carbons (Fsp3) is 0.583. The molecule has 1 atom stereocenters. The van der Waals surface area contributed by atoms with Crippen LogP contribution in [-0.2, 0) is 18.9 Å². The minimum absolute atomic E-state index is 0.245. The lowest BCUT2D eigenvalue weighted by Gasteiger charge is -2.16. The van der Waals surface area contributed by atoms with Crippen LogP contribution in [0.15, 0.2) is 0 Å². The number of nitriles is 1. The minimum atomic E-state index is -0.245. The average Bonchev–Trinajstić information content (AvgIpc) is 2.62. The molecular formula is C12H16N2. The normalized spacial score (nSPS) is 24.8. The number of hydrogen-bond donors (Lipinski definition) is 0. The number of rotatable bonds is 0. The molecule has 0 spiro atoms. The molecule has 0 N–H and O–H groups in total. The van der Waals surface area contributed by atoms with Crippen molar-refractivity contribution in [3.05, 3.63) is 22.5 Å². The Morgan fingerprint density at radius 1 is 1.36 bits per heavy atom. The number of fused-ring (bicyclic) bond motifs is 1.